The van der Waals surface area contributed by atoms with E-state index in [2.05, 4.69) is 20.6 Å². The van der Waals surface area contributed by atoms with E-state index in [0.29, 0.717) is 42.2 Å². The number of aromatic nitrogens is 1. The highest BCUT2D eigenvalue weighted by molar-refractivity contribution is 14.0. The molecule has 0 saturated carbocycles. The fourth-order valence-electron chi connectivity index (χ4n) is 2.75. The lowest BCUT2D eigenvalue weighted by Crippen LogP contribution is -2.36. The maximum Gasteiger partial charge on any atom is 0.213 e. The van der Waals surface area contributed by atoms with Crippen LogP contribution in [0.15, 0.2) is 35.5 Å². The van der Waals surface area contributed by atoms with Crippen LogP contribution in [0.25, 0.3) is 0 Å². The predicted molar refractivity (Wildman–Crippen MR) is 133 cm³/mol. The minimum Gasteiger partial charge on any atom is -0.493 e. The minimum atomic E-state index is 0. The number of hydrogen-bond donors (Lipinski definition) is 2. The first-order valence-corrected chi connectivity index (χ1v) is 9.93. The molecule has 0 aliphatic carbocycles. The molecule has 0 spiro atoms. The van der Waals surface area contributed by atoms with Crippen LogP contribution in [0.3, 0.4) is 0 Å². The monoisotopic (exact) mass is 544 g/mol. The van der Waals surface area contributed by atoms with Crippen molar-refractivity contribution in [1.82, 2.24) is 15.6 Å². The first kappa shape index (κ1) is 26.6. The van der Waals surface area contributed by atoms with E-state index in [1.54, 1.807) is 27.5 Å². The van der Waals surface area contributed by atoms with Gasteiger partial charge in [0, 0.05) is 25.4 Å². The van der Waals surface area contributed by atoms with Crippen molar-refractivity contribution in [1.29, 1.82) is 0 Å². The summed E-state index contributed by atoms with van der Waals surface area (Å²) in [5.74, 6) is 3.10. The lowest BCUT2D eigenvalue weighted by molar-refractivity contribution is 0.232. The van der Waals surface area contributed by atoms with Crippen LogP contribution >= 0.6 is 24.0 Å². The zero-order valence-corrected chi connectivity index (χ0v) is 21.4. The standard InChI is InChI=1S/C22H32N4O4.HI/c1-7-23-22(25-13-16-8-9-20(24-12-16)30-15(2)3)26-14-17-10-18(27-4)21(29-6)19(11-17)28-5;/h8-12,15H,7,13-14H2,1-6H3,(H2,23,25,26);1H. The molecule has 0 atom stereocenters. The molecule has 0 unspecified atom stereocenters. The molecule has 0 bridgehead atoms. The molecular weight excluding hydrogens is 511 g/mol. The van der Waals surface area contributed by atoms with Crippen LogP contribution < -0.4 is 29.6 Å². The molecule has 9 heteroatoms. The smallest absolute Gasteiger partial charge is 0.213 e. The van der Waals surface area contributed by atoms with E-state index in [4.69, 9.17) is 18.9 Å². The third kappa shape index (κ3) is 8.31. The number of ether oxygens (including phenoxy) is 4. The molecular formula is C22H33IN4O4. The van der Waals surface area contributed by atoms with Crippen molar-refractivity contribution >= 4 is 29.9 Å². The van der Waals surface area contributed by atoms with Gasteiger partial charge in [0.05, 0.1) is 34.0 Å². The van der Waals surface area contributed by atoms with Gasteiger partial charge in [0.1, 0.15) is 0 Å². The van der Waals surface area contributed by atoms with Gasteiger partial charge in [-0.2, -0.15) is 0 Å². The van der Waals surface area contributed by atoms with E-state index in [0.717, 1.165) is 17.7 Å². The summed E-state index contributed by atoms with van der Waals surface area (Å²) in [7, 11) is 4.78. The van der Waals surface area contributed by atoms with Crippen LogP contribution in [0.2, 0.25) is 0 Å². The number of nitrogens with zero attached hydrogens (tertiary/aromatic N) is 2. The van der Waals surface area contributed by atoms with Crippen molar-refractivity contribution in [2.24, 2.45) is 4.99 Å². The van der Waals surface area contributed by atoms with Crippen LogP contribution in [0.5, 0.6) is 23.1 Å². The number of aliphatic imine (C=N–C) groups is 1. The Bertz CT molecular complexity index is 804. The molecule has 0 amide bonds. The Labute approximate surface area is 201 Å². The molecule has 0 fully saturated rings. The molecule has 0 aliphatic heterocycles. The van der Waals surface area contributed by atoms with Crippen LogP contribution in [0.1, 0.15) is 31.9 Å². The molecule has 172 valence electrons. The number of methoxy groups -OCH3 is 3. The summed E-state index contributed by atoms with van der Waals surface area (Å²) < 4.78 is 21.8. The fraction of sp³-hybridized carbons (Fsp3) is 0.455. The van der Waals surface area contributed by atoms with Gasteiger partial charge in [-0.15, -0.1) is 24.0 Å². The van der Waals surface area contributed by atoms with E-state index in [1.165, 1.54) is 0 Å². The lowest BCUT2D eigenvalue weighted by Gasteiger charge is -2.14. The van der Waals surface area contributed by atoms with Gasteiger partial charge in [-0.25, -0.2) is 9.98 Å². The van der Waals surface area contributed by atoms with Gasteiger partial charge in [-0.05, 0) is 44.0 Å². The van der Waals surface area contributed by atoms with Gasteiger partial charge >= 0.3 is 0 Å². The Morgan fingerprint density at radius 1 is 1.00 bits per heavy atom. The van der Waals surface area contributed by atoms with Crippen molar-refractivity contribution in [3.8, 4) is 23.1 Å². The highest BCUT2D eigenvalue weighted by Crippen LogP contribution is 2.38. The fourth-order valence-corrected chi connectivity index (χ4v) is 2.75. The van der Waals surface area contributed by atoms with E-state index in [9.17, 15) is 0 Å². The normalized spacial score (nSPS) is 10.9. The van der Waals surface area contributed by atoms with E-state index >= 15 is 0 Å². The largest absolute Gasteiger partial charge is 0.493 e. The second-order valence-electron chi connectivity index (χ2n) is 6.75. The molecule has 31 heavy (non-hydrogen) atoms. The molecule has 2 N–H and O–H groups in total. The first-order chi connectivity index (χ1) is 14.5. The van der Waals surface area contributed by atoms with Crippen molar-refractivity contribution < 1.29 is 18.9 Å². The van der Waals surface area contributed by atoms with Gasteiger partial charge in [-0.1, -0.05) is 6.07 Å². The number of guanidine groups is 1. The zero-order valence-electron chi connectivity index (χ0n) is 19.0. The average Bonchev–Trinajstić information content (AvgIpc) is 2.75. The van der Waals surface area contributed by atoms with Crippen LogP contribution in [0, 0.1) is 0 Å². The molecule has 0 aliphatic rings. The summed E-state index contributed by atoms with van der Waals surface area (Å²) in [6, 6.07) is 7.65. The summed E-state index contributed by atoms with van der Waals surface area (Å²) in [5.41, 5.74) is 1.98. The summed E-state index contributed by atoms with van der Waals surface area (Å²) in [4.78, 5) is 8.99. The summed E-state index contributed by atoms with van der Waals surface area (Å²) in [5, 5.41) is 6.57. The highest BCUT2D eigenvalue weighted by atomic mass is 127. The number of hydrogen-bond acceptors (Lipinski definition) is 6. The molecule has 0 radical (unpaired) electrons. The zero-order chi connectivity index (χ0) is 21.9. The van der Waals surface area contributed by atoms with Gasteiger partial charge < -0.3 is 29.6 Å². The van der Waals surface area contributed by atoms with Crippen LogP contribution in [-0.2, 0) is 13.1 Å². The molecule has 1 aromatic carbocycles. The van der Waals surface area contributed by atoms with Crippen molar-refractivity contribution in [2.45, 2.75) is 40.0 Å². The van der Waals surface area contributed by atoms with Gasteiger partial charge in [0.15, 0.2) is 17.5 Å². The van der Waals surface area contributed by atoms with Crippen LogP contribution in [-0.4, -0.2) is 44.9 Å². The molecule has 2 aromatic rings. The first-order valence-electron chi connectivity index (χ1n) is 9.93. The summed E-state index contributed by atoms with van der Waals surface area (Å²) in [6.07, 6.45) is 1.90. The summed E-state index contributed by atoms with van der Waals surface area (Å²) in [6.45, 7) is 7.77. The third-order valence-electron chi connectivity index (χ3n) is 4.10. The van der Waals surface area contributed by atoms with E-state index in [1.807, 2.05) is 45.0 Å². The minimum absolute atomic E-state index is 0. The Morgan fingerprint density at radius 3 is 2.16 bits per heavy atom. The number of rotatable bonds is 10. The second kappa shape index (κ2) is 13.8. The number of halogens is 1. The van der Waals surface area contributed by atoms with Crippen LogP contribution in [0.4, 0.5) is 0 Å². The van der Waals surface area contributed by atoms with Crippen molar-refractivity contribution in [2.75, 3.05) is 27.9 Å². The topological polar surface area (TPSA) is 86.2 Å². The van der Waals surface area contributed by atoms with Gasteiger partial charge in [0.2, 0.25) is 11.6 Å². The van der Waals surface area contributed by atoms with E-state index in [-0.39, 0.29) is 30.1 Å². The molecule has 0 saturated heterocycles. The second-order valence-corrected chi connectivity index (χ2v) is 6.75. The Balaban J connectivity index is 0.00000480. The van der Waals surface area contributed by atoms with Gasteiger partial charge in [-0.3, -0.25) is 0 Å². The lowest BCUT2D eigenvalue weighted by atomic mass is 10.2. The van der Waals surface area contributed by atoms with Gasteiger partial charge in [0.25, 0.3) is 0 Å². The SMILES string of the molecule is CCNC(=NCc1cc(OC)c(OC)c(OC)c1)NCc1ccc(OC(C)C)nc1.I. The molecule has 8 nitrogen and oxygen atoms in total. The highest BCUT2D eigenvalue weighted by Gasteiger charge is 2.13. The Morgan fingerprint density at radius 2 is 1.68 bits per heavy atom. The van der Waals surface area contributed by atoms with Crippen molar-refractivity contribution in [3.63, 3.8) is 0 Å². The number of nitrogens with one attached hydrogen (secondary N) is 2. The quantitative estimate of drug-likeness (QED) is 0.268. The molecule has 1 aromatic heterocycles. The Kier molecular flexibility index (Phi) is 11.8. The predicted octanol–water partition coefficient (Wildman–Crippen LogP) is 3.77. The number of pyridine rings is 1. The Hall–Kier alpha value is -2.43. The maximum absolute atomic E-state index is 5.58. The van der Waals surface area contributed by atoms with Crippen molar-refractivity contribution in [3.05, 3.63) is 41.6 Å². The average molecular weight is 544 g/mol. The maximum atomic E-state index is 5.58. The summed E-state index contributed by atoms with van der Waals surface area (Å²) >= 11 is 0. The number of benzene rings is 1. The molecule has 1 heterocycles. The molecule has 2 rings (SSSR count). The van der Waals surface area contributed by atoms with E-state index < -0.39 is 0 Å². The third-order valence-corrected chi connectivity index (χ3v) is 4.10.